The van der Waals surface area contributed by atoms with E-state index in [9.17, 15) is 15.0 Å². The number of ketones is 1. The second-order valence-corrected chi connectivity index (χ2v) is 10.4. The Hall–Kier alpha value is -2.63. The molecule has 5 nitrogen and oxygen atoms in total. The van der Waals surface area contributed by atoms with E-state index in [-0.39, 0.29) is 17.6 Å². The summed E-state index contributed by atoms with van der Waals surface area (Å²) in [5.74, 6) is 1.14. The van der Waals surface area contributed by atoms with Crippen molar-refractivity contribution >= 4 is 11.9 Å². The van der Waals surface area contributed by atoms with Crippen LogP contribution in [0, 0.1) is 5.92 Å². The second kappa shape index (κ2) is 6.24. The first-order valence-corrected chi connectivity index (χ1v) is 11.8. The number of phenolic OH excluding ortho intramolecular Hbond substituents is 1. The average Bonchev–Trinajstić information content (AvgIpc) is 3.52. The van der Waals surface area contributed by atoms with Crippen LogP contribution in [0.5, 0.6) is 11.5 Å². The van der Waals surface area contributed by atoms with Gasteiger partial charge in [-0.2, -0.15) is 0 Å². The number of ether oxygens (including phenoxy) is 1. The van der Waals surface area contributed by atoms with E-state index in [0.717, 1.165) is 42.1 Å². The Kier molecular flexibility index (Phi) is 3.68. The summed E-state index contributed by atoms with van der Waals surface area (Å²) < 4.78 is 6.26. The van der Waals surface area contributed by atoms with Crippen molar-refractivity contribution in [2.75, 3.05) is 13.1 Å². The number of nitrogens with zero attached hydrogens (tertiary/aromatic N) is 1. The number of benzene rings is 2. The summed E-state index contributed by atoms with van der Waals surface area (Å²) in [7, 11) is 0. The van der Waals surface area contributed by atoms with Crippen LogP contribution in [0.2, 0.25) is 0 Å². The number of hydrogen-bond acceptors (Lipinski definition) is 5. The highest BCUT2D eigenvalue weighted by molar-refractivity contribution is 6.06. The third-order valence-electron chi connectivity index (χ3n) is 8.67. The van der Waals surface area contributed by atoms with E-state index < -0.39 is 17.1 Å². The molecule has 4 unspecified atom stereocenters. The van der Waals surface area contributed by atoms with Crippen molar-refractivity contribution in [3.8, 4) is 11.5 Å². The molecule has 5 heteroatoms. The standard InChI is InChI=1S/C27H27NO4/c29-20-9-8-18-13-21-27(31)14-19(12-16-4-2-1-3-5-16)23(30)25-26(27,22(18)24(20)32-25)10-11-28(21)15-17-6-7-17/h1-5,8-9,12,17,21,25,29,31H,6-7,10-11,13-15H2/b19-12+. The lowest BCUT2D eigenvalue weighted by atomic mass is 9.48. The van der Waals surface area contributed by atoms with Gasteiger partial charge in [0, 0.05) is 30.1 Å². The Labute approximate surface area is 187 Å². The molecule has 2 bridgehead atoms. The molecule has 2 aliphatic heterocycles. The smallest absolute Gasteiger partial charge is 0.200 e. The Morgan fingerprint density at radius 3 is 2.75 bits per heavy atom. The molecule has 2 N–H and O–H groups in total. The molecule has 0 radical (unpaired) electrons. The number of piperidine rings is 1. The number of carbonyl (C=O) groups is 1. The predicted molar refractivity (Wildman–Crippen MR) is 120 cm³/mol. The largest absolute Gasteiger partial charge is 0.504 e. The van der Waals surface area contributed by atoms with E-state index >= 15 is 0 Å². The van der Waals surface area contributed by atoms with E-state index in [1.54, 1.807) is 6.07 Å². The zero-order valence-electron chi connectivity index (χ0n) is 18.0. The molecule has 0 amide bonds. The second-order valence-electron chi connectivity index (χ2n) is 10.4. The summed E-state index contributed by atoms with van der Waals surface area (Å²) in [5, 5.41) is 23.2. The van der Waals surface area contributed by atoms with E-state index in [2.05, 4.69) is 4.90 Å². The minimum absolute atomic E-state index is 0.0572. The summed E-state index contributed by atoms with van der Waals surface area (Å²) in [4.78, 5) is 16.3. The number of carbonyl (C=O) groups excluding carboxylic acids is 1. The van der Waals surface area contributed by atoms with Gasteiger partial charge >= 0.3 is 0 Å². The maximum atomic E-state index is 13.8. The molecule has 1 spiro atoms. The monoisotopic (exact) mass is 429 g/mol. The summed E-state index contributed by atoms with van der Waals surface area (Å²) in [6.45, 7) is 1.86. The topological polar surface area (TPSA) is 70.0 Å². The van der Waals surface area contributed by atoms with Crippen molar-refractivity contribution in [2.45, 2.75) is 55.3 Å². The fraction of sp³-hybridized carbons (Fsp3) is 0.444. The minimum atomic E-state index is -1.11. The van der Waals surface area contributed by atoms with Crippen molar-refractivity contribution in [1.29, 1.82) is 0 Å². The number of phenols is 1. The van der Waals surface area contributed by atoms with Crippen LogP contribution in [0.15, 0.2) is 48.0 Å². The summed E-state index contributed by atoms with van der Waals surface area (Å²) in [6.07, 6.45) is 5.37. The molecule has 7 rings (SSSR count). The molecule has 164 valence electrons. The first-order chi connectivity index (χ1) is 15.5. The van der Waals surface area contributed by atoms with Gasteiger partial charge in [0.1, 0.15) is 0 Å². The number of hydrogen-bond donors (Lipinski definition) is 2. The van der Waals surface area contributed by atoms with Crippen LogP contribution in [0.25, 0.3) is 6.08 Å². The summed E-state index contributed by atoms with van der Waals surface area (Å²) >= 11 is 0. The van der Waals surface area contributed by atoms with Crippen LogP contribution in [0.1, 0.15) is 42.4 Å². The van der Waals surface area contributed by atoms with Crippen molar-refractivity contribution in [3.63, 3.8) is 0 Å². The van der Waals surface area contributed by atoms with E-state index in [4.69, 9.17) is 4.74 Å². The van der Waals surface area contributed by atoms with Crippen LogP contribution in [-0.2, 0) is 16.6 Å². The molecular formula is C27H27NO4. The Morgan fingerprint density at radius 2 is 1.97 bits per heavy atom. The van der Waals surface area contributed by atoms with E-state index in [1.165, 1.54) is 12.8 Å². The van der Waals surface area contributed by atoms with Crippen LogP contribution in [0.4, 0.5) is 0 Å². The van der Waals surface area contributed by atoms with Crippen LogP contribution in [-0.4, -0.2) is 51.7 Å². The first kappa shape index (κ1) is 18.9. The van der Waals surface area contributed by atoms with Gasteiger partial charge in [0.05, 0.1) is 11.0 Å². The number of aliphatic hydroxyl groups is 1. The maximum Gasteiger partial charge on any atom is 0.200 e. The highest BCUT2D eigenvalue weighted by Gasteiger charge is 2.74. The first-order valence-electron chi connectivity index (χ1n) is 11.8. The predicted octanol–water partition coefficient (Wildman–Crippen LogP) is 3.22. The molecule has 2 aromatic rings. The number of rotatable bonds is 3. The van der Waals surface area contributed by atoms with Crippen LogP contribution >= 0.6 is 0 Å². The van der Waals surface area contributed by atoms with E-state index in [1.807, 2.05) is 42.5 Å². The van der Waals surface area contributed by atoms with Gasteiger partial charge in [0.2, 0.25) is 0 Å². The SMILES string of the molecule is O=C1/C(=C/c2ccccc2)CC2(O)C3Cc4ccc(O)c5c4C2(CCN3CC2CC2)C1O5. The number of Topliss-reactive ketones (excluding diaryl/α,β-unsaturated/α-hetero) is 1. The summed E-state index contributed by atoms with van der Waals surface area (Å²) in [5.41, 5.74) is 1.67. The minimum Gasteiger partial charge on any atom is -0.504 e. The molecule has 2 aromatic carbocycles. The van der Waals surface area contributed by atoms with Gasteiger partial charge in [-0.05, 0) is 61.4 Å². The Balaban J connectivity index is 1.42. The number of likely N-dealkylation sites (tertiary alicyclic amines) is 1. The number of aromatic hydroxyl groups is 1. The van der Waals surface area contributed by atoms with E-state index in [0.29, 0.717) is 24.2 Å². The maximum absolute atomic E-state index is 13.8. The fourth-order valence-corrected chi connectivity index (χ4v) is 7.06. The lowest BCUT2D eigenvalue weighted by Gasteiger charge is -2.62. The highest BCUT2D eigenvalue weighted by Crippen LogP contribution is 2.65. The molecule has 32 heavy (non-hydrogen) atoms. The molecule has 2 heterocycles. The van der Waals surface area contributed by atoms with Crippen LogP contribution in [0.3, 0.4) is 0 Å². The molecule has 5 aliphatic rings. The van der Waals surface area contributed by atoms with Gasteiger partial charge in [0.15, 0.2) is 23.4 Å². The fourth-order valence-electron chi connectivity index (χ4n) is 7.06. The Bertz CT molecular complexity index is 1170. The third-order valence-corrected chi connectivity index (χ3v) is 8.67. The summed E-state index contributed by atoms with van der Waals surface area (Å²) in [6, 6.07) is 13.4. The van der Waals surface area contributed by atoms with Gasteiger partial charge < -0.3 is 14.9 Å². The Morgan fingerprint density at radius 1 is 1.16 bits per heavy atom. The normalized spacial score (nSPS) is 36.2. The lowest BCUT2D eigenvalue weighted by molar-refractivity contribution is -0.179. The molecule has 1 saturated heterocycles. The average molecular weight is 430 g/mol. The van der Waals surface area contributed by atoms with Crippen molar-refractivity contribution in [3.05, 3.63) is 64.7 Å². The van der Waals surface area contributed by atoms with Gasteiger partial charge in [-0.1, -0.05) is 36.4 Å². The highest BCUT2D eigenvalue weighted by atomic mass is 16.5. The van der Waals surface area contributed by atoms with Gasteiger partial charge in [0.25, 0.3) is 0 Å². The third kappa shape index (κ3) is 2.28. The molecule has 2 saturated carbocycles. The lowest BCUT2D eigenvalue weighted by Crippen LogP contribution is -2.77. The van der Waals surface area contributed by atoms with Gasteiger partial charge in [-0.25, -0.2) is 0 Å². The van der Waals surface area contributed by atoms with Crippen molar-refractivity contribution in [2.24, 2.45) is 5.92 Å². The van der Waals surface area contributed by atoms with Gasteiger partial charge in [-0.15, -0.1) is 0 Å². The molecule has 3 aliphatic carbocycles. The quantitative estimate of drug-likeness (QED) is 0.734. The molecule has 0 aromatic heterocycles. The van der Waals surface area contributed by atoms with Crippen molar-refractivity contribution < 1.29 is 19.7 Å². The molecule has 4 atom stereocenters. The molecular weight excluding hydrogens is 402 g/mol. The molecule has 3 fully saturated rings. The van der Waals surface area contributed by atoms with Gasteiger partial charge in [-0.3, -0.25) is 9.69 Å². The zero-order valence-corrected chi connectivity index (χ0v) is 18.0. The zero-order chi connectivity index (χ0) is 21.7. The van der Waals surface area contributed by atoms with Crippen molar-refractivity contribution in [1.82, 2.24) is 4.90 Å². The van der Waals surface area contributed by atoms with Crippen LogP contribution < -0.4 is 4.74 Å².